The van der Waals surface area contributed by atoms with Gasteiger partial charge in [0.2, 0.25) is 0 Å². The maximum atomic E-state index is 2.39. The Balaban J connectivity index is 1.28. The Morgan fingerprint density at radius 1 is 0.938 bits per heavy atom. The van der Waals surface area contributed by atoms with Gasteiger partial charge in [0.15, 0.2) is 0 Å². The first-order valence-electron chi connectivity index (χ1n) is 5.60. The van der Waals surface area contributed by atoms with Gasteiger partial charge in [-0.3, -0.25) is 0 Å². The van der Waals surface area contributed by atoms with E-state index in [1.165, 1.54) is 24.4 Å². The zero-order valence-electron chi connectivity index (χ0n) is 9.00. The molecule has 0 aromatic rings. The van der Waals surface area contributed by atoms with Crippen LogP contribution in [0.2, 0.25) is 8.94 Å². The molecule has 0 aromatic carbocycles. The molecule has 0 bridgehead atoms. The summed E-state index contributed by atoms with van der Waals surface area (Å²) in [6.45, 7) is 0. The monoisotopic (exact) mass is 524 g/mol. The second-order valence-corrected chi connectivity index (χ2v) is 20.5. The van der Waals surface area contributed by atoms with Crippen LogP contribution in [-0.2, 0) is 0 Å². The molecule has 2 unspecified atom stereocenters. The molecule has 0 aromatic heterocycles. The predicted octanol–water partition coefficient (Wildman–Crippen LogP) is 2.59. The van der Waals surface area contributed by atoms with Gasteiger partial charge >= 0.3 is 138 Å². The van der Waals surface area contributed by atoms with Crippen LogP contribution in [0, 0.1) is 0 Å². The number of hydrogen-bond donors (Lipinski definition) is 0. The fourth-order valence-corrected chi connectivity index (χ4v) is 21.1. The summed E-state index contributed by atoms with van der Waals surface area (Å²) in [6.07, 6.45) is 0. The Morgan fingerprint density at radius 3 is 2.06 bits per heavy atom. The van der Waals surface area contributed by atoms with Crippen LogP contribution >= 0.6 is 47.0 Å². The predicted molar refractivity (Wildman–Crippen MR) is 86.1 cm³/mol. The van der Waals surface area contributed by atoms with E-state index in [0.717, 1.165) is 15.7 Å². The molecule has 0 N–H and O–H groups in total. The Bertz CT molecular complexity index is 201. The third-order valence-electron chi connectivity index (χ3n) is 2.58. The first-order chi connectivity index (χ1) is 7.90. The van der Waals surface area contributed by atoms with Gasteiger partial charge in [-0.2, -0.15) is 0 Å². The van der Waals surface area contributed by atoms with Crippen molar-refractivity contribution in [3.8, 4) is 0 Å². The van der Waals surface area contributed by atoms with Crippen molar-refractivity contribution in [2.45, 2.75) is 26.0 Å². The van der Waals surface area contributed by atoms with Gasteiger partial charge in [-0.1, -0.05) is 0 Å². The molecular formula is C10H16S4Te2. The van der Waals surface area contributed by atoms with E-state index < -0.39 is 0 Å². The molecule has 3 aliphatic rings. The average Bonchev–Trinajstić information content (AvgIpc) is 3.17. The van der Waals surface area contributed by atoms with Gasteiger partial charge in [0.1, 0.15) is 0 Å². The van der Waals surface area contributed by atoms with Crippen LogP contribution in [0.1, 0.15) is 0 Å². The molecule has 0 saturated carbocycles. The zero-order valence-corrected chi connectivity index (χ0v) is 16.9. The van der Waals surface area contributed by atoms with Crippen molar-refractivity contribution >= 4 is 88.9 Å². The fraction of sp³-hybridized carbons (Fsp3) is 1.00. The summed E-state index contributed by atoms with van der Waals surface area (Å²) in [5.74, 6) is 5.91. The van der Waals surface area contributed by atoms with Crippen LogP contribution in [0.3, 0.4) is 0 Å². The summed E-state index contributed by atoms with van der Waals surface area (Å²) in [5.41, 5.74) is 0. The van der Waals surface area contributed by atoms with Crippen molar-refractivity contribution in [3.05, 3.63) is 0 Å². The van der Waals surface area contributed by atoms with E-state index in [4.69, 9.17) is 0 Å². The molecule has 92 valence electrons. The van der Waals surface area contributed by atoms with E-state index in [1.54, 1.807) is 8.94 Å². The Hall–Kier alpha value is 2.98. The maximum absolute atomic E-state index is 2.39. The Kier molecular flexibility index (Phi) is 6.20. The summed E-state index contributed by atoms with van der Waals surface area (Å²) in [6, 6.07) is 0. The number of thioether (sulfide) groups is 4. The molecule has 3 heterocycles. The molecule has 6 heteroatoms. The summed E-state index contributed by atoms with van der Waals surface area (Å²) in [7, 11) is 0. The van der Waals surface area contributed by atoms with Crippen LogP contribution in [0.15, 0.2) is 0 Å². The third-order valence-corrected chi connectivity index (χ3v) is 22.8. The van der Waals surface area contributed by atoms with Crippen molar-refractivity contribution in [2.75, 3.05) is 23.0 Å². The zero-order chi connectivity index (χ0) is 10.8. The molecule has 3 aliphatic heterocycles. The molecule has 3 fully saturated rings. The van der Waals surface area contributed by atoms with E-state index in [0.29, 0.717) is 41.8 Å². The first kappa shape index (κ1) is 13.9. The van der Waals surface area contributed by atoms with Crippen LogP contribution in [0.4, 0.5) is 0 Å². The second-order valence-electron chi connectivity index (χ2n) is 4.15. The molecule has 0 spiro atoms. The van der Waals surface area contributed by atoms with Crippen LogP contribution < -0.4 is 0 Å². The Labute approximate surface area is 136 Å². The summed E-state index contributed by atoms with van der Waals surface area (Å²) < 4.78 is 4.59. The summed E-state index contributed by atoms with van der Waals surface area (Å²) in [4.78, 5) is 0. The summed E-state index contributed by atoms with van der Waals surface area (Å²) in [5, 5.41) is 3.26. The molecule has 16 heavy (non-hydrogen) atoms. The molecule has 0 aliphatic carbocycles. The van der Waals surface area contributed by atoms with Gasteiger partial charge in [0, 0.05) is 0 Å². The molecule has 3 saturated heterocycles. The normalized spacial score (nSPS) is 42.0. The molecule has 3 rings (SSSR count). The van der Waals surface area contributed by atoms with Gasteiger partial charge < -0.3 is 0 Å². The number of rotatable bonds is 6. The molecule has 0 radical (unpaired) electrons. The molecule has 0 nitrogen and oxygen atoms in total. The van der Waals surface area contributed by atoms with Crippen LogP contribution in [-0.4, -0.2) is 82.0 Å². The van der Waals surface area contributed by atoms with Crippen LogP contribution in [0.5, 0.6) is 0 Å². The van der Waals surface area contributed by atoms with E-state index in [-0.39, 0.29) is 0 Å². The first-order valence-corrected chi connectivity index (χ1v) is 15.8. The topological polar surface area (TPSA) is 0 Å². The third kappa shape index (κ3) is 5.16. The fourth-order valence-electron chi connectivity index (χ4n) is 1.42. The van der Waals surface area contributed by atoms with E-state index >= 15 is 0 Å². The van der Waals surface area contributed by atoms with E-state index in [9.17, 15) is 0 Å². The van der Waals surface area contributed by atoms with Crippen molar-refractivity contribution in [2.24, 2.45) is 0 Å². The average molecular weight is 520 g/mol. The molecule has 0 amide bonds. The van der Waals surface area contributed by atoms with Crippen molar-refractivity contribution in [3.63, 3.8) is 0 Å². The van der Waals surface area contributed by atoms with Crippen molar-refractivity contribution in [1.29, 1.82) is 0 Å². The standard InChI is InChI=1S/C10H16S4Te2/c1-7(11-1)3-13-9-5-15-10(16-6-9)14-4-8-2-12-8/h7-10H,1-6H2. The minimum atomic E-state index is 0.398. The van der Waals surface area contributed by atoms with Gasteiger partial charge in [-0.05, 0) is 0 Å². The van der Waals surface area contributed by atoms with E-state index in [2.05, 4.69) is 47.0 Å². The SMILES string of the molecule is C1SC1CSC1C[Te]C(SCC2CS2)[Te]C1. The van der Waals surface area contributed by atoms with Crippen molar-refractivity contribution in [1.82, 2.24) is 0 Å². The molecule has 2 atom stereocenters. The van der Waals surface area contributed by atoms with Gasteiger partial charge in [-0.15, -0.1) is 0 Å². The van der Waals surface area contributed by atoms with Crippen molar-refractivity contribution < 1.29 is 0 Å². The van der Waals surface area contributed by atoms with Gasteiger partial charge in [0.25, 0.3) is 0 Å². The molecular weight excluding hydrogens is 504 g/mol. The summed E-state index contributed by atoms with van der Waals surface area (Å²) >= 11 is 9.87. The minimum absolute atomic E-state index is 0.398. The van der Waals surface area contributed by atoms with Gasteiger partial charge in [0.05, 0.1) is 0 Å². The van der Waals surface area contributed by atoms with E-state index in [1.807, 2.05) is 0 Å². The quantitative estimate of drug-likeness (QED) is 0.391. The van der Waals surface area contributed by atoms with Crippen LogP contribution in [0.25, 0.3) is 0 Å². The van der Waals surface area contributed by atoms with Gasteiger partial charge in [-0.25, -0.2) is 0 Å². The number of hydrogen-bond acceptors (Lipinski definition) is 4. The second kappa shape index (κ2) is 7.12. The Morgan fingerprint density at radius 2 is 1.50 bits per heavy atom.